The van der Waals surface area contributed by atoms with Crippen molar-refractivity contribution in [2.45, 2.75) is 0 Å². The molecule has 6 heteroatoms. The summed E-state index contributed by atoms with van der Waals surface area (Å²) in [4.78, 5) is 23.0. The van der Waals surface area contributed by atoms with Crippen LogP contribution in [0.1, 0.15) is 10.4 Å². The van der Waals surface area contributed by atoms with E-state index in [1.807, 2.05) is 0 Å². The molecule has 21 heavy (non-hydrogen) atoms. The molecule has 2 aromatic carbocycles. The molecule has 2 aromatic rings. The second-order valence-corrected chi connectivity index (χ2v) is 4.48. The van der Waals surface area contributed by atoms with E-state index in [4.69, 9.17) is 16.3 Å². The Bertz CT molecular complexity index is 655. The largest absolute Gasteiger partial charge is 0.465 e. The molecular formula is C15H12ClNO4. The van der Waals surface area contributed by atoms with Gasteiger partial charge in [0.1, 0.15) is 5.75 Å². The minimum atomic E-state index is -0.650. The van der Waals surface area contributed by atoms with Crippen LogP contribution in [0.15, 0.2) is 48.5 Å². The van der Waals surface area contributed by atoms with Gasteiger partial charge >= 0.3 is 12.1 Å². The van der Waals surface area contributed by atoms with Gasteiger partial charge in [0.05, 0.1) is 12.7 Å². The normalized spacial score (nSPS) is 9.81. The van der Waals surface area contributed by atoms with E-state index < -0.39 is 12.1 Å². The number of ether oxygens (including phenoxy) is 2. The van der Waals surface area contributed by atoms with Crippen molar-refractivity contribution in [3.05, 3.63) is 59.1 Å². The molecule has 0 heterocycles. The summed E-state index contributed by atoms with van der Waals surface area (Å²) in [6.45, 7) is 0. The van der Waals surface area contributed by atoms with Crippen LogP contribution in [0.4, 0.5) is 10.5 Å². The quantitative estimate of drug-likeness (QED) is 0.877. The molecule has 0 radical (unpaired) electrons. The van der Waals surface area contributed by atoms with Crippen molar-refractivity contribution in [1.82, 2.24) is 0 Å². The maximum Gasteiger partial charge on any atom is 0.417 e. The van der Waals surface area contributed by atoms with Crippen molar-refractivity contribution in [2.24, 2.45) is 0 Å². The fraction of sp³-hybridized carbons (Fsp3) is 0.0667. The number of anilines is 1. The van der Waals surface area contributed by atoms with Crippen LogP contribution < -0.4 is 10.1 Å². The molecule has 0 aliphatic carbocycles. The van der Waals surface area contributed by atoms with Crippen molar-refractivity contribution >= 4 is 29.4 Å². The SMILES string of the molecule is COC(=O)c1ccc(OC(=O)Nc2cccc(Cl)c2)cc1. The van der Waals surface area contributed by atoms with Crippen LogP contribution in [0.3, 0.4) is 0 Å². The molecule has 0 spiro atoms. The van der Waals surface area contributed by atoms with Crippen molar-refractivity contribution < 1.29 is 19.1 Å². The zero-order valence-corrected chi connectivity index (χ0v) is 11.9. The highest BCUT2D eigenvalue weighted by Gasteiger charge is 2.08. The first-order chi connectivity index (χ1) is 10.1. The molecule has 0 aromatic heterocycles. The third-order valence-electron chi connectivity index (χ3n) is 2.56. The number of benzene rings is 2. The summed E-state index contributed by atoms with van der Waals surface area (Å²) >= 11 is 5.81. The van der Waals surface area contributed by atoms with Crippen molar-refractivity contribution in [2.75, 3.05) is 12.4 Å². The molecule has 2 rings (SSSR count). The first-order valence-electron chi connectivity index (χ1n) is 6.01. The Morgan fingerprint density at radius 2 is 1.81 bits per heavy atom. The van der Waals surface area contributed by atoms with Gasteiger partial charge in [0, 0.05) is 10.7 Å². The maximum atomic E-state index is 11.7. The van der Waals surface area contributed by atoms with Crippen LogP contribution >= 0.6 is 11.6 Å². The number of amides is 1. The summed E-state index contributed by atoms with van der Waals surface area (Å²) in [5.74, 6) is -0.146. The second-order valence-electron chi connectivity index (χ2n) is 4.04. The predicted molar refractivity (Wildman–Crippen MR) is 78.9 cm³/mol. The molecular weight excluding hydrogens is 294 g/mol. The lowest BCUT2D eigenvalue weighted by molar-refractivity contribution is 0.0600. The Labute approximate surface area is 126 Å². The fourth-order valence-electron chi connectivity index (χ4n) is 1.59. The van der Waals surface area contributed by atoms with Gasteiger partial charge in [-0.15, -0.1) is 0 Å². The molecule has 1 N–H and O–H groups in total. The first-order valence-corrected chi connectivity index (χ1v) is 6.39. The summed E-state index contributed by atoms with van der Waals surface area (Å²) in [5, 5.41) is 3.05. The van der Waals surface area contributed by atoms with Gasteiger partial charge in [0.15, 0.2) is 0 Å². The highest BCUT2D eigenvalue weighted by molar-refractivity contribution is 6.30. The minimum absolute atomic E-state index is 0.308. The molecule has 0 fully saturated rings. The summed E-state index contributed by atoms with van der Waals surface area (Å²) in [7, 11) is 1.30. The summed E-state index contributed by atoms with van der Waals surface area (Å²) in [5.41, 5.74) is 0.902. The average molecular weight is 306 g/mol. The third kappa shape index (κ3) is 4.22. The van der Waals surface area contributed by atoms with E-state index in [0.29, 0.717) is 22.0 Å². The van der Waals surface area contributed by atoms with E-state index in [9.17, 15) is 9.59 Å². The molecule has 0 unspecified atom stereocenters. The molecule has 108 valence electrons. The average Bonchev–Trinajstić information content (AvgIpc) is 2.47. The zero-order valence-electron chi connectivity index (χ0n) is 11.1. The lowest BCUT2D eigenvalue weighted by Crippen LogP contribution is -2.16. The molecule has 1 amide bonds. The lowest BCUT2D eigenvalue weighted by atomic mass is 10.2. The predicted octanol–water partition coefficient (Wildman–Crippen LogP) is 3.74. The molecule has 0 bridgehead atoms. The monoisotopic (exact) mass is 305 g/mol. The number of methoxy groups -OCH3 is 1. The Balaban J connectivity index is 1.98. The van der Waals surface area contributed by atoms with Crippen LogP contribution in [-0.4, -0.2) is 19.2 Å². The fourth-order valence-corrected chi connectivity index (χ4v) is 1.78. The summed E-state index contributed by atoms with van der Waals surface area (Å²) in [6, 6.07) is 12.7. The van der Waals surface area contributed by atoms with Gasteiger partial charge in [-0.3, -0.25) is 5.32 Å². The van der Waals surface area contributed by atoms with E-state index in [1.54, 1.807) is 24.3 Å². The van der Waals surface area contributed by atoms with Crippen molar-refractivity contribution in [3.63, 3.8) is 0 Å². The number of hydrogen-bond acceptors (Lipinski definition) is 4. The number of carbonyl (C=O) groups is 2. The van der Waals surface area contributed by atoms with Crippen molar-refractivity contribution in [3.8, 4) is 5.75 Å². The third-order valence-corrected chi connectivity index (χ3v) is 2.79. The highest BCUT2D eigenvalue weighted by atomic mass is 35.5. The van der Waals surface area contributed by atoms with Gasteiger partial charge in [-0.25, -0.2) is 9.59 Å². The number of rotatable bonds is 3. The smallest absolute Gasteiger partial charge is 0.417 e. The number of nitrogens with one attached hydrogen (secondary N) is 1. The lowest BCUT2D eigenvalue weighted by Gasteiger charge is -2.07. The molecule has 5 nitrogen and oxygen atoms in total. The van der Waals surface area contributed by atoms with Crippen LogP contribution in [0.2, 0.25) is 5.02 Å². The molecule has 0 saturated heterocycles. The number of hydrogen-bond donors (Lipinski definition) is 1. The Kier molecular flexibility index (Phi) is 4.79. The van der Waals surface area contributed by atoms with Gasteiger partial charge in [-0.1, -0.05) is 17.7 Å². The topological polar surface area (TPSA) is 64.6 Å². The first kappa shape index (κ1) is 14.9. The van der Waals surface area contributed by atoms with Crippen LogP contribution in [0, 0.1) is 0 Å². The van der Waals surface area contributed by atoms with Crippen LogP contribution in [-0.2, 0) is 4.74 Å². The van der Waals surface area contributed by atoms with E-state index in [1.165, 1.54) is 31.4 Å². The van der Waals surface area contributed by atoms with E-state index in [-0.39, 0.29) is 0 Å². The highest BCUT2D eigenvalue weighted by Crippen LogP contribution is 2.17. The number of halogens is 1. The van der Waals surface area contributed by atoms with Crippen LogP contribution in [0.25, 0.3) is 0 Å². The minimum Gasteiger partial charge on any atom is -0.465 e. The van der Waals surface area contributed by atoms with E-state index in [2.05, 4.69) is 10.1 Å². The van der Waals surface area contributed by atoms with Gasteiger partial charge in [-0.2, -0.15) is 0 Å². The zero-order chi connectivity index (χ0) is 15.2. The molecule has 0 aliphatic heterocycles. The summed E-state index contributed by atoms with van der Waals surface area (Å²) < 4.78 is 9.66. The Hall–Kier alpha value is -2.53. The maximum absolute atomic E-state index is 11.7. The van der Waals surface area contributed by atoms with E-state index in [0.717, 1.165) is 0 Å². The molecule has 0 saturated carbocycles. The van der Waals surface area contributed by atoms with Gasteiger partial charge in [0.25, 0.3) is 0 Å². The van der Waals surface area contributed by atoms with Crippen molar-refractivity contribution in [1.29, 1.82) is 0 Å². The molecule has 0 atom stereocenters. The Morgan fingerprint density at radius 1 is 1.10 bits per heavy atom. The second kappa shape index (κ2) is 6.76. The number of carbonyl (C=O) groups excluding carboxylic acids is 2. The van der Waals surface area contributed by atoms with E-state index >= 15 is 0 Å². The Morgan fingerprint density at radius 3 is 2.43 bits per heavy atom. The van der Waals surface area contributed by atoms with Gasteiger partial charge < -0.3 is 9.47 Å². The van der Waals surface area contributed by atoms with Crippen LogP contribution in [0.5, 0.6) is 5.75 Å². The summed E-state index contributed by atoms with van der Waals surface area (Å²) in [6.07, 6.45) is -0.650. The number of esters is 1. The standard InChI is InChI=1S/C15H12ClNO4/c1-20-14(18)10-5-7-13(8-6-10)21-15(19)17-12-4-2-3-11(16)9-12/h2-9H,1H3,(H,17,19). The molecule has 0 aliphatic rings. The van der Waals surface area contributed by atoms with Gasteiger partial charge in [-0.05, 0) is 42.5 Å². The van der Waals surface area contributed by atoms with Gasteiger partial charge in [0.2, 0.25) is 0 Å².